The molecule has 2 amide bonds. The van der Waals surface area contributed by atoms with Crippen LogP contribution in [0.4, 0.5) is 10.8 Å². The summed E-state index contributed by atoms with van der Waals surface area (Å²) in [4.78, 5) is 29.5. The number of nitrogens with two attached hydrogens (primary N) is 1. The second kappa shape index (κ2) is 6.40. The van der Waals surface area contributed by atoms with E-state index >= 15 is 0 Å². The van der Waals surface area contributed by atoms with E-state index in [4.69, 9.17) is 5.73 Å². The van der Waals surface area contributed by atoms with Gasteiger partial charge in [0, 0.05) is 11.3 Å². The first kappa shape index (κ1) is 16.1. The molecule has 1 atom stereocenters. The minimum absolute atomic E-state index is 0.166. The highest BCUT2D eigenvalue weighted by Gasteiger charge is 2.35. The number of hydrogen-bond acceptors (Lipinski definition) is 6. The molecular formula is C16H17N5O2S. The number of primary amides is 1. The van der Waals surface area contributed by atoms with Crippen molar-refractivity contribution < 1.29 is 9.59 Å². The Hall–Kier alpha value is -2.74. The van der Waals surface area contributed by atoms with E-state index < -0.39 is 11.9 Å². The molecule has 0 unspecified atom stereocenters. The molecule has 1 aromatic carbocycles. The predicted octanol–water partition coefficient (Wildman–Crippen LogP) is 1.82. The van der Waals surface area contributed by atoms with E-state index in [0.29, 0.717) is 10.8 Å². The van der Waals surface area contributed by atoms with Crippen LogP contribution < -0.4 is 16.1 Å². The third-order valence-corrected chi connectivity index (χ3v) is 4.76. The van der Waals surface area contributed by atoms with Gasteiger partial charge < -0.3 is 5.73 Å². The molecule has 0 fully saturated rings. The predicted molar refractivity (Wildman–Crippen MR) is 94.2 cm³/mol. The van der Waals surface area contributed by atoms with Crippen molar-refractivity contribution in [2.75, 3.05) is 10.3 Å². The molecule has 24 heavy (non-hydrogen) atoms. The Labute approximate surface area is 143 Å². The number of amides is 2. The van der Waals surface area contributed by atoms with Crippen molar-refractivity contribution in [1.29, 1.82) is 0 Å². The summed E-state index contributed by atoms with van der Waals surface area (Å²) >= 11 is 1.40. The Morgan fingerprint density at radius 1 is 1.29 bits per heavy atom. The summed E-state index contributed by atoms with van der Waals surface area (Å²) < 4.78 is 0. The number of hydrogen-bond donors (Lipinski definition) is 2. The summed E-state index contributed by atoms with van der Waals surface area (Å²) in [6.45, 7) is 3.82. The lowest BCUT2D eigenvalue weighted by Gasteiger charge is -2.20. The van der Waals surface area contributed by atoms with Crippen LogP contribution in [0.3, 0.4) is 0 Å². The second-order valence-electron chi connectivity index (χ2n) is 5.46. The van der Waals surface area contributed by atoms with Gasteiger partial charge >= 0.3 is 0 Å². The van der Waals surface area contributed by atoms with E-state index in [0.717, 1.165) is 10.6 Å². The van der Waals surface area contributed by atoms with Gasteiger partial charge in [0.25, 0.3) is 5.91 Å². The Kier molecular flexibility index (Phi) is 4.30. The highest BCUT2D eigenvalue weighted by atomic mass is 32.1. The minimum Gasteiger partial charge on any atom is -0.368 e. The number of para-hydroxylation sites is 1. The Morgan fingerprint density at radius 3 is 2.58 bits per heavy atom. The number of hydrazone groups is 1. The number of nitrogens with one attached hydrogen (secondary N) is 1. The summed E-state index contributed by atoms with van der Waals surface area (Å²) in [6.07, 6.45) is 0.166. The third-order valence-electron chi connectivity index (χ3n) is 3.77. The van der Waals surface area contributed by atoms with Gasteiger partial charge in [0.05, 0.1) is 11.4 Å². The number of anilines is 2. The number of thiazole rings is 1. The molecule has 7 nitrogen and oxygen atoms in total. The quantitative estimate of drug-likeness (QED) is 0.884. The number of benzene rings is 1. The summed E-state index contributed by atoms with van der Waals surface area (Å²) in [7, 11) is 0. The minimum atomic E-state index is -0.673. The van der Waals surface area contributed by atoms with E-state index in [1.807, 2.05) is 44.2 Å². The van der Waals surface area contributed by atoms with E-state index in [2.05, 4.69) is 15.4 Å². The highest BCUT2D eigenvalue weighted by Crippen LogP contribution is 2.26. The maximum atomic E-state index is 12.4. The van der Waals surface area contributed by atoms with E-state index in [-0.39, 0.29) is 18.0 Å². The average Bonchev–Trinajstić information content (AvgIpc) is 3.13. The number of aromatic nitrogens is 1. The molecule has 3 rings (SSSR count). The topological polar surface area (TPSA) is 101 Å². The van der Waals surface area contributed by atoms with Crippen molar-refractivity contribution in [1.82, 2.24) is 4.98 Å². The number of aryl methyl sites for hydroxylation is 2. The van der Waals surface area contributed by atoms with Crippen molar-refractivity contribution in [3.63, 3.8) is 0 Å². The summed E-state index contributed by atoms with van der Waals surface area (Å²) in [5.41, 5.74) is 7.32. The van der Waals surface area contributed by atoms with Crippen LogP contribution in [0.15, 0.2) is 35.4 Å². The summed E-state index contributed by atoms with van der Waals surface area (Å²) in [5.74, 6) is -0.889. The van der Waals surface area contributed by atoms with E-state index in [1.165, 1.54) is 16.3 Å². The molecule has 1 aromatic heterocycles. The van der Waals surface area contributed by atoms with E-state index in [9.17, 15) is 9.59 Å². The van der Waals surface area contributed by atoms with Gasteiger partial charge in [0.15, 0.2) is 5.13 Å². The maximum Gasteiger partial charge on any atom is 0.273 e. The molecule has 0 saturated heterocycles. The number of rotatable bonds is 4. The fraction of sp³-hybridized carbons (Fsp3) is 0.250. The normalized spacial score (nSPS) is 16.8. The zero-order chi connectivity index (χ0) is 17.3. The molecule has 0 radical (unpaired) electrons. The Balaban J connectivity index is 1.82. The van der Waals surface area contributed by atoms with Gasteiger partial charge in [-0.25, -0.2) is 4.98 Å². The SMILES string of the molecule is Cc1nc(NC(=O)C2=NN(c3ccccc3)[C@H](C(N)=O)C2)sc1C. The van der Waals surface area contributed by atoms with Gasteiger partial charge in [-0.2, -0.15) is 5.10 Å². The molecule has 0 bridgehead atoms. The molecular weight excluding hydrogens is 326 g/mol. The number of carbonyl (C=O) groups excluding carboxylic acids is 2. The Bertz CT molecular complexity index is 796. The smallest absolute Gasteiger partial charge is 0.273 e. The molecule has 8 heteroatoms. The lowest BCUT2D eigenvalue weighted by molar-refractivity contribution is -0.119. The highest BCUT2D eigenvalue weighted by molar-refractivity contribution is 7.15. The molecule has 2 heterocycles. The van der Waals surface area contributed by atoms with Crippen LogP contribution in [0.5, 0.6) is 0 Å². The van der Waals surface area contributed by atoms with Crippen molar-refractivity contribution in [2.45, 2.75) is 26.3 Å². The van der Waals surface area contributed by atoms with Gasteiger partial charge in [-0.3, -0.25) is 19.9 Å². The van der Waals surface area contributed by atoms with Gasteiger partial charge in [0.2, 0.25) is 5.91 Å². The van der Waals surface area contributed by atoms with Crippen molar-refractivity contribution >= 4 is 39.7 Å². The van der Waals surface area contributed by atoms with Crippen molar-refractivity contribution in [3.8, 4) is 0 Å². The molecule has 1 aliphatic heterocycles. The molecule has 1 aliphatic rings. The van der Waals surface area contributed by atoms with Crippen LogP contribution in [0.1, 0.15) is 17.0 Å². The first-order chi connectivity index (χ1) is 11.5. The first-order valence-electron chi connectivity index (χ1n) is 7.42. The van der Waals surface area contributed by atoms with E-state index in [1.54, 1.807) is 0 Å². The maximum absolute atomic E-state index is 12.4. The molecule has 0 aliphatic carbocycles. The number of carbonyl (C=O) groups is 2. The zero-order valence-corrected chi connectivity index (χ0v) is 14.1. The number of nitrogens with zero attached hydrogens (tertiary/aromatic N) is 3. The van der Waals surface area contributed by atoms with Crippen molar-refractivity contribution in [2.24, 2.45) is 10.8 Å². The summed E-state index contributed by atoms with van der Waals surface area (Å²) in [6, 6.07) is 8.49. The largest absolute Gasteiger partial charge is 0.368 e. The van der Waals surface area contributed by atoms with Gasteiger partial charge in [0.1, 0.15) is 11.8 Å². The monoisotopic (exact) mass is 343 g/mol. The zero-order valence-electron chi connectivity index (χ0n) is 13.3. The molecule has 124 valence electrons. The summed E-state index contributed by atoms with van der Waals surface area (Å²) in [5, 5.41) is 9.05. The van der Waals surface area contributed by atoms with Crippen molar-refractivity contribution in [3.05, 3.63) is 40.9 Å². The van der Waals surface area contributed by atoms with Crippen LogP contribution in [0, 0.1) is 13.8 Å². The second-order valence-corrected chi connectivity index (χ2v) is 6.67. The molecule has 3 N–H and O–H groups in total. The molecule has 2 aromatic rings. The fourth-order valence-electron chi connectivity index (χ4n) is 2.38. The molecule has 0 saturated carbocycles. The Morgan fingerprint density at radius 2 is 2.00 bits per heavy atom. The fourth-order valence-corrected chi connectivity index (χ4v) is 3.19. The van der Waals surface area contributed by atoms with Gasteiger partial charge in [-0.1, -0.05) is 18.2 Å². The molecule has 0 spiro atoms. The van der Waals surface area contributed by atoms with Crippen LogP contribution in [-0.4, -0.2) is 28.6 Å². The third kappa shape index (κ3) is 3.13. The average molecular weight is 343 g/mol. The van der Waals surface area contributed by atoms with Crippen LogP contribution in [0.25, 0.3) is 0 Å². The lowest BCUT2D eigenvalue weighted by Crippen LogP contribution is -2.39. The first-order valence-corrected chi connectivity index (χ1v) is 8.24. The lowest BCUT2D eigenvalue weighted by atomic mass is 10.1. The standard InChI is InChI=1S/C16H17N5O2S/c1-9-10(2)24-16(18-9)19-15(23)12-8-13(14(17)22)21(20-12)11-6-4-3-5-7-11/h3-7,13H,8H2,1-2H3,(H2,17,22)(H,18,19,23)/t13-/m0/s1. The van der Waals surface area contributed by atoms with Crippen LogP contribution in [-0.2, 0) is 9.59 Å². The van der Waals surface area contributed by atoms with Crippen LogP contribution in [0.2, 0.25) is 0 Å². The van der Waals surface area contributed by atoms with Crippen LogP contribution >= 0.6 is 11.3 Å². The van der Waals surface area contributed by atoms with Gasteiger partial charge in [-0.05, 0) is 26.0 Å². The van der Waals surface area contributed by atoms with Gasteiger partial charge in [-0.15, -0.1) is 11.3 Å².